The topological polar surface area (TPSA) is 77.2 Å². The van der Waals surface area contributed by atoms with Gasteiger partial charge >= 0.3 is 5.97 Å². The van der Waals surface area contributed by atoms with Crippen molar-refractivity contribution in [1.29, 1.82) is 0 Å². The Kier molecular flexibility index (Phi) is 5.62. The number of carboxylic acids is 1. The maximum absolute atomic E-state index is 11.4. The Hall–Kier alpha value is -4.71. The average Bonchev–Trinajstić information content (AvgIpc) is 3.35. The van der Waals surface area contributed by atoms with Gasteiger partial charge in [-0.1, -0.05) is 60.7 Å². The van der Waals surface area contributed by atoms with Gasteiger partial charge in [-0.2, -0.15) is 0 Å². The van der Waals surface area contributed by atoms with E-state index in [2.05, 4.69) is 0 Å². The van der Waals surface area contributed by atoms with Gasteiger partial charge < -0.3 is 9.84 Å². The Balaban J connectivity index is 1.61. The fraction of sp³-hybridized carbons (Fsp3) is 0.0357. The molecule has 1 N–H and O–H groups in total. The number of rotatable bonds is 6. The smallest absolute Gasteiger partial charge is 0.335 e. The van der Waals surface area contributed by atoms with Crippen LogP contribution in [0.4, 0.5) is 0 Å². The van der Waals surface area contributed by atoms with Crippen LogP contribution in [0.1, 0.15) is 10.4 Å². The molecule has 0 aliphatic heterocycles. The van der Waals surface area contributed by atoms with Crippen molar-refractivity contribution in [2.24, 2.45) is 0 Å². The molecule has 0 unspecified atom stereocenters. The average molecular weight is 447 g/mol. The molecule has 0 radical (unpaired) electrons. The van der Waals surface area contributed by atoms with Crippen LogP contribution in [0.5, 0.6) is 5.75 Å². The standard InChI is InChI=1S/C28H21N3O3/c1-34-25-15-13-24(14-16-25)31-27(19-7-3-2-4-8-19)29-26(30-31)22-11-5-9-20(17-22)21-10-6-12-23(18-21)28(32)33/h2-18H,1H3,(H,32,33). The number of aromatic nitrogens is 3. The number of carboxylic acid groups (broad SMARTS) is 1. The molecule has 5 aromatic rings. The number of ether oxygens (including phenoxy) is 1. The Bertz CT molecular complexity index is 1460. The molecule has 1 aromatic heterocycles. The van der Waals surface area contributed by atoms with E-state index in [-0.39, 0.29) is 5.56 Å². The van der Waals surface area contributed by atoms with E-state index in [0.717, 1.165) is 39.5 Å². The van der Waals surface area contributed by atoms with Gasteiger partial charge in [-0.25, -0.2) is 14.5 Å². The van der Waals surface area contributed by atoms with Gasteiger partial charge in [0.2, 0.25) is 0 Å². The monoisotopic (exact) mass is 447 g/mol. The molecule has 166 valence electrons. The molecule has 1 heterocycles. The van der Waals surface area contributed by atoms with Crippen molar-refractivity contribution in [2.45, 2.75) is 0 Å². The molecular formula is C28H21N3O3. The molecule has 6 heteroatoms. The minimum atomic E-state index is -0.953. The van der Waals surface area contributed by atoms with Crippen molar-refractivity contribution in [2.75, 3.05) is 7.11 Å². The first-order valence-corrected chi connectivity index (χ1v) is 10.7. The summed E-state index contributed by atoms with van der Waals surface area (Å²) in [6, 6.07) is 32.3. The fourth-order valence-electron chi connectivity index (χ4n) is 3.78. The molecule has 0 bridgehead atoms. The highest BCUT2D eigenvalue weighted by Gasteiger charge is 2.16. The third kappa shape index (κ3) is 4.17. The van der Waals surface area contributed by atoms with Crippen molar-refractivity contribution in [3.05, 3.63) is 109 Å². The van der Waals surface area contributed by atoms with Crippen LogP contribution in [0.2, 0.25) is 0 Å². The lowest BCUT2D eigenvalue weighted by atomic mass is 10.0. The highest BCUT2D eigenvalue weighted by atomic mass is 16.5. The third-order valence-corrected chi connectivity index (χ3v) is 5.52. The minimum absolute atomic E-state index is 0.246. The van der Waals surface area contributed by atoms with E-state index in [9.17, 15) is 9.90 Å². The number of methoxy groups -OCH3 is 1. The third-order valence-electron chi connectivity index (χ3n) is 5.52. The van der Waals surface area contributed by atoms with Gasteiger partial charge in [-0.15, -0.1) is 5.10 Å². The molecule has 5 rings (SSSR count). The first-order valence-electron chi connectivity index (χ1n) is 10.7. The summed E-state index contributed by atoms with van der Waals surface area (Å²) in [5.41, 5.74) is 4.60. The van der Waals surface area contributed by atoms with E-state index in [1.165, 1.54) is 0 Å². The van der Waals surface area contributed by atoms with Crippen LogP contribution in [-0.4, -0.2) is 33.0 Å². The van der Waals surface area contributed by atoms with Crippen molar-refractivity contribution < 1.29 is 14.6 Å². The maximum Gasteiger partial charge on any atom is 0.335 e. The van der Waals surface area contributed by atoms with Gasteiger partial charge in [0.15, 0.2) is 11.6 Å². The van der Waals surface area contributed by atoms with Crippen LogP contribution in [0.25, 0.3) is 39.6 Å². The van der Waals surface area contributed by atoms with Crippen LogP contribution in [0.3, 0.4) is 0 Å². The molecule has 34 heavy (non-hydrogen) atoms. The van der Waals surface area contributed by atoms with Crippen LogP contribution in [-0.2, 0) is 0 Å². The maximum atomic E-state index is 11.4. The first-order chi connectivity index (χ1) is 16.6. The lowest BCUT2D eigenvalue weighted by Gasteiger charge is -2.07. The summed E-state index contributed by atoms with van der Waals surface area (Å²) in [6.07, 6.45) is 0. The Morgan fingerprint density at radius 1 is 0.765 bits per heavy atom. The van der Waals surface area contributed by atoms with Crippen molar-refractivity contribution in [1.82, 2.24) is 14.8 Å². The molecule has 6 nitrogen and oxygen atoms in total. The lowest BCUT2D eigenvalue weighted by Crippen LogP contribution is -1.99. The lowest BCUT2D eigenvalue weighted by molar-refractivity contribution is 0.0697. The summed E-state index contributed by atoms with van der Waals surface area (Å²) in [4.78, 5) is 16.3. The number of hydrogen-bond acceptors (Lipinski definition) is 4. The molecule has 0 saturated carbocycles. The summed E-state index contributed by atoms with van der Waals surface area (Å²) in [7, 11) is 1.64. The quantitative estimate of drug-likeness (QED) is 0.347. The summed E-state index contributed by atoms with van der Waals surface area (Å²) in [5, 5.41) is 14.2. The van der Waals surface area contributed by atoms with E-state index in [0.29, 0.717) is 5.82 Å². The normalized spacial score (nSPS) is 10.7. The second-order valence-electron chi connectivity index (χ2n) is 7.70. The predicted molar refractivity (Wildman–Crippen MR) is 131 cm³/mol. The van der Waals surface area contributed by atoms with Crippen molar-refractivity contribution >= 4 is 5.97 Å². The predicted octanol–water partition coefficient (Wildman–Crippen LogP) is 5.98. The molecule has 0 aliphatic carbocycles. The summed E-state index contributed by atoms with van der Waals surface area (Å²) >= 11 is 0. The zero-order chi connectivity index (χ0) is 23.5. The molecule has 0 spiro atoms. The molecule has 0 aliphatic rings. The van der Waals surface area contributed by atoms with Crippen LogP contribution in [0, 0.1) is 0 Å². The van der Waals surface area contributed by atoms with Crippen molar-refractivity contribution in [3.8, 4) is 45.3 Å². The number of hydrogen-bond donors (Lipinski definition) is 1. The Labute approximate surface area is 196 Å². The van der Waals surface area contributed by atoms with Gasteiger partial charge in [0.05, 0.1) is 18.4 Å². The van der Waals surface area contributed by atoms with E-state index in [1.54, 1.807) is 25.3 Å². The molecule has 4 aromatic carbocycles. The van der Waals surface area contributed by atoms with E-state index < -0.39 is 5.97 Å². The number of carbonyl (C=O) groups is 1. The van der Waals surface area contributed by atoms with Gasteiger partial charge in [0.1, 0.15) is 5.75 Å². The molecular weight excluding hydrogens is 426 g/mol. The summed E-state index contributed by atoms with van der Waals surface area (Å²) in [5.74, 6) is 1.11. The summed E-state index contributed by atoms with van der Waals surface area (Å²) in [6.45, 7) is 0. The number of benzene rings is 4. The van der Waals surface area contributed by atoms with Crippen LogP contribution < -0.4 is 4.74 Å². The highest BCUT2D eigenvalue weighted by Crippen LogP contribution is 2.29. The van der Waals surface area contributed by atoms with Gasteiger partial charge in [0.25, 0.3) is 0 Å². The van der Waals surface area contributed by atoms with Crippen LogP contribution in [0.15, 0.2) is 103 Å². The SMILES string of the molecule is COc1ccc(-n2nc(-c3cccc(-c4cccc(C(=O)O)c4)c3)nc2-c2ccccc2)cc1. The van der Waals surface area contributed by atoms with Gasteiger partial charge in [-0.05, 0) is 53.6 Å². The Morgan fingerprint density at radius 2 is 1.41 bits per heavy atom. The van der Waals surface area contributed by atoms with Gasteiger partial charge in [0, 0.05) is 11.1 Å². The van der Waals surface area contributed by atoms with Crippen LogP contribution >= 0.6 is 0 Å². The zero-order valence-corrected chi connectivity index (χ0v) is 18.4. The second kappa shape index (κ2) is 9.03. The van der Waals surface area contributed by atoms with E-state index >= 15 is 0 Å². The molecule has 0 amide bonds. The number of nitrogens with zero attached hydrogens (tertiary/aromatic N) is 3. The summed E-state index contributed by atoms with van der Waals surface area (Å²) < 4.78 is 7.11. The Morgan fingerprint density at radius 3 is 2.12 bits per heavy atom. The number of aromatic carboxylic acids is 1. The van der Waals surface area contributed by atoms with E-state index in [4.69, 9.17) is 14.8 Å². The largest absolute Gasteiger partial charge is 0.497 e. The minimum Gasteiger partial charge on any atom is -0.497 e. The molecule has 0 fully saturated rings. The second-order valence-corrected chi connectivity index (χ2v) is 7.70. The van der Waals surface area contributed by atoms with E-state index in [1.807, 2.05) is 89.6 Å². The van der Waals surface area contributed by atoms with Gasteiger partial charge in [-0.3, -0.25) is 0 Å². The zero-order valence-electron chi connectivity index (χ0n) is 18.4. The molecule has 0 saturated heterocycles. The van der Waals surface area contributed by atoms with Crippen molar-refractivity contribution in [3.63, 3.8) is 0 Å². The fourth-order valence-corrected chi connectivity index (χ4v) is 3.78. The molecule has 0 atom stereocenters. The first kappa shape index (κ1) is 21.2. The highest BCUT2D eigenvalue weighted by molar-refractivity contribution is 5.89.